The van der Waals surface area contributed by atoms with Gasteiger partial charge < -0.3 is 14.7 Å². The minimum atomic E-state index is -0.701. The molecule has 0 saturated carbocycles. The van der Waals surface area contributed by atoms with Gasteiger partial charge in [0.15, 0.2) is 0 Å². The molecule has 5 heteroatoms. The summed E-state index contributed by atoms with van der Waals surface area (Å²) in [5, 5.41) is 8.78. The first kappa shape index (κ1) is 20.4. The van der Waals surface area contributed by atoms with Crippen LogP contribution in [0.15, 0.2) is 54.6 Å². The van der Waals surface area contributed by atoms with Gasteiger partial charge in [0.25, 0.3) is 0 Å². The Morgan fingerprint density at radius 1 is 0.893 bits per heavy atom. The van der Waals surface area contributed by atoms with Gasteiger partial charge in [0.2, 0.25) is 0 Å². The lowest BCUT2D eigenvalue weighted by atomic mass is 10.2. The van der Waals surface area contributed by atoms with Gasteiger partial charge in [-0.15, -0.1) is 0 Å². The zero-order valence-electron chi connectivity index (χ0n) is 16.4. The van der Waals surface area contributed by atoms with Crippen molar-refractivity contribution in [2.45, 2.75) is 32.4 Å². The van der Waals surface area contributed by atoms with Crippen molar-refractivity contribution in [3.05, 3.63) is 65.7 Å². The van der Waals surface area contributed by atoms with E-state index in [0.29, 0.717) is 6.61 Å². The van der Waals surface area contributed by atoms with E-state index in [1.807, 2.05) is 30.3 Å². The summed E-state index contributed by atoms with van der Waals surface area (Å²) in [6.45, 7) is 6.60. The maximum absolute atomic E-state index is 10.7. The Bertz CT molecular complexity index is 718. The van der Waals surface area contributed by atoms with Gasteiger partial charge in [-0.25, -0.2) is 0 Å². The molecule has 2 aromatic rings. The van der Waals surface area contributed by atoms with Crippen LogP contribution < -0.4 is 4.74 Å². The van der Waals surface area contributed by atoms with Crippen LogP contribution in [0, 0.1) is 0 Å². The zero-order chi connectivity index (χ0) is 19.6. The first-order valence-corrected chi connectivity index (χ1v) is 10.1. The summed E-state index contributed by atoms with van der Waals surface area (Å²) in [6, 6.07) is 18.6. The smallest absolute Gasteiger partial charge is 0.303 e. The quantitative estimate of drug-likeness (QED) is 0.718. The predicted molar refractivity (Wildman–Crippen MR) is 110 cm³/mol. The van der Waals surface area contributed by atoms with Crippen LogP contribution in [0.3, 0.4) is 0 Å². The topological polar surface area (TPSA) is 53.0 Å². The number of hydrogen-bond donors (Lipinski definition) is 1. The number of hydrogen-bond acceptors (Lipinski definition) is 4. The molecule has 0 aliphatic carbocycles. The van der Waals surface area contributed by atoms with Gasteiger partial charge in [-0.2, -0.15) is 0 Å². The molecule has 0 bridgehead atoms. The Morgan fingerprint density at radius 3 is 2.36 bits per heavy atom. The molecule has 3 rings (SSSR count). The van der Waals surface area contributed by atoms with E-state index in [2.05, 4.69) is 34.1 Å². The molecule has 1 fully saturated rings. The fraction of sp³-hybridized carbons (Fsp3) is 0.435. The van der Waals surface area contributed by atoms with Crippen molar-refractivity contribution in [2.75, 3.05) is 32.7 Å². The van der Waals surface area contributed by atoms with Gasteiger partial charge in [-0.3, -0.25) is 9.69 Å². The average Bonchev–Trinajstić information content (AvgIpc) is 2.93. The Labute approximate surface area is 167 Å². The number of benzene rings is 2. The Morgan fingerprint density at radius 2 is 1.61 bits per heavy atom. The van der Waals surface area contributed by atoms with E-state index in [9.17, 15) is 4.79 Å². The van der Waals surface area contributed by atoms with Gasteiger partial charge in [-0.1, -0.05) is 42.5 Å². The first-order valence-electron chi connectivity index (χ1n) is 10.1. The third-order valence-corrected chi connectivity index (χ3v) is 5.12. The van der Waals surface area contributed by atoms with Crippen molar-refractivity contribution in [1.29, 1.82) is 0 Å². The van der Waals surface area contributed by atoms with Crippen molar-refractivity contribution in [3.63, 3.8) is 0 Å². The third kappa shape index (κ3) is 6.98. The second-order valence-electron chi connectivity index (χ2n) is 7.39. The Hall–Kier alpha value is -2.37. The summed E-state index contributed by atoms with van der Waals surface area (Å²) in [7, 11) is 0. The van der Waals surface area contributed by atoms with E-state index in [4.69, 9.17) is 9.84 Å². The molecule has 0 spiro atoms. The molecule has 2 aromatic carbocycles. The molecule has 1 heterocycles. The highest BCUT2D eigenvalue weighted by atomic mass is 16.5. The maximum atomic E-state index is 10.7. The number of carboxylic acids is 1. The van der Waals surface area contributed by atoms with Crippen molar-refractivity contribution >= 4 is 5.97 Å². The van der Waals surface area contributed by atoms with Crippen LogP contribution in [0.4, 0.5) is 0 Å². The van der Waals surface area contributed by atoms with Crippen LogP contribution in [0.2, 0.25) is 0 Å². The summed E-state index contributed by atoms with van der Waals surface area (Å²) < 4.78 is 5.86. The molecule has 0 atom stereocenters. The van der Waals surface area contributed by atoms with Crippen molar-refractivity contribution in [3.8, 4) is 5.75 Å². The van der Waals surface area contributed by atoms with Crippen LogP contribution in [0.5, 0.6) is 5.75 Å². The van der Waals surface area contributed by atoms with Crippen LogP contribution in [-0.4, -0.2) is 53.6 Å². The zero-order valence-corrected chi connectivity index (χ0v) is 16.4. The summed E-state index contributed by atoms with van der Waals surface area (Å²) in [4.78, 5) is 15.5. The van der Waals surface area contributed by atoms with E-state index in [1.54, 1.807) is 0 Å². The second-order valence-corrected chi connectivity index (χ2v) is 7.39. The van der Waals surface area contributed by atoms with Gasteiger partial charge in [0.1, 0.15) is 12.4 Å². The molecule has 28 heavy (non-hydrogen) atoms. The van der Waals surface area contributed by atoms with Gasteiger partial charge in [-0.05, 0) is 55.7 Å². The normalized spacial score (nSPS) is 15.9. The largest absolute Gasteiger partial charge is 0.489 e. The van der Waals surface area contributed by atoms with E-state index >= 15 is 0 Å². The number of carboxylic acid groups (broad SMARTS) is 1. The van der Waals surface area contributed by atoms with Crippen LogP contribution in [-0.2, 0) is 17.9 Å². The molecule has 0 aromatic heterocycles. The van der Waals surface area contributed by atoms with Crippen LogP contribution in [0.1, 0.15) is 30.4 Å². The van der Waals surface area contributed by atoms with Crippen LogP contribution >= 0.6 is 0 Å². The van der Waals surface area contributed by atoms with Gasteiger partial charge in [0, 0.05) is 26.1 Å². The van der Waals surface area contributed by atoms with E-state index in [0.717, 1.165) is 57.9 Å². The molecule has 1 aliphatic heterocycles. The van der Waals surface area contributed by atoms with Crippen molar-refractivity contribution < 1.29 is 14.6 Å². The highest BCUT2D eigenvalue weighted by molar-refractivity contribution is 5.66. The first-order chi connectivity index (χ1) is 13.7. The summed E-state index contributed by atoms with van der Waals surface area (Å²) in [5.74, 6) is 0.195. The lowest BCUT2D eigenvalue weighted by Gasteiger charge is -2.21. The molecule has 0 unspecified atom stereocenters. The van der Waals surface area contributed by atoms with E-state index < -0.39 is 5.97 Å². The fourth-order valence-electron chi connectivity index (χ4n) is 3.55. The summed E-state index contributed by atoms with van der Waals surface area (Å²) in [6.07, 6.45) is 2.13. The monoisotopic (exact) mass is 382 g/mol. The summed E-state index contributed by atoms with van der Waals surface area (Å²) >= 11 is 0. The minimum absolute atomic E-state index is 0.263. The van der Waals surface area contributed by atoms with E-state index in [1.165, 1.54) is 11.1 Å². The highest BCUT2D eigenvalue weighted by Crippen LogP contribution is 2.16. The predicted octanol–water partition coefficient (Wildman–Crippen LogP) is 3.64. The molecule has 1 aliphatic rings. The second kappa shape index (κ2) is 10.8. The molecular weight excluding hydrogens is 352 g/mol. The average molecular weight is 383 g/mol. The number of aliphatic carboxylic acids is 1. The fourth-order valence-corrected chi connectivity index (χ4v) is 3.55. The Kier molecular flexibility index (Phi) is 7.88. The van der Waals surface area contributed by atoms with Crippen molar-refractivity contribution in [2.24, 2.45) is 0 Å². The number of carbonyl (C=O) groups is 1. The SMILES string of the molecule is O=C(O)CCCN1CCCN(Cc2ccc(OCc3ccccc3)cc2)CC1. The third-order valence-electron chi connectivity index (χ3n) is 5.12. The molecule has 1 saturated heterocycles. The van der Waals surface area contributed by atoms with Gasteiger partial charge >= 0.3 is 5.97 Å². The molecule has 0 amide bonds. The lowest BCUT2D eigenvalue weighted by molar-refractivity contribution is -0.137. The van der Waals surface area contributed by atoms with Gasteiger partial charge in [0.05, 0.1) is 0 Å². The Balaban J connectivity index is 1.41. The molecule has 0 radical (unpaired) electrons. The van der Waals surface area contributed by atoms with Crippen LogP contribution in [0.25, 0.3) is 0 Å². The van der Waals surface area contributed by atoms with Crippen molar-refractivity contribution in [1.82, 2.24) is 9.80 Å². The molecule has 1 N–H and O–H groups in total. The number of nitrogens with zero attached hydrogens (tertiary/aromatic N) is 2. The van der Waals surface area contributed by atoms with E-state index in [-0.39, 0.29) is 6.42 Å². The standard InChI is InChI=1S/C23H30N2O3/c26-23(27)8-4-13-24-14-5-15-25(17-16-24)18-20-9-11-22(12-10-20)28-19-21-6-2-1-3-7-21/h1-3,6-7,9-12H,4-5,8,13-19H2,(H,26,27). The number of rotatable bonds is 9. The highest BCUT2D eigenvalue weighted by Gasteiger charge is 2.15. The molecule has 150 valence electrons. The summed E-state index contributed by atoms with van der Waals surface area (Å²) in [5.41, 5.74) is 2.47. The number of ether oxygens (including phenoxy) is 1. The lowest BCUT2D eigenvalue weighted by Crippen LogP contribution is -2.31. The molecular formula is C23H30N2O3. The minimum Gasteiger partial charge on any atom is -0.489 e. The molecule has 5 nitrogen and oxygen atoms in total. The maximum Gasteiger partial charge on any atom is 0.303 e.